The van der Waals surface area contributed by atoms with Crippen LogP contribution in [0, 0.1) is 12.3 Å². The van der Waals surface area contributed by atoms with Crippen molar-refractivity contribution in [3.8, 4) is 12.3 Å². The second kappa shape index (κ2) is 6.97. The fourth-order valence-corrected chi connectivity index (χ4v) is 1.31. The molecule has 0 heterocycles. The van der Waals surface area contributed by atoms with Gasteiger partial charge in [0.05, 0.1) is 6.54 Å². The van der Waals surface area contributed by atoms with Crippen molar-refractivity contribution < 1.29 is 14.7 Å². The topological polar surface area (TPSA) is 78.4 Å². The van der Waals surface area contributed by atoms with Crippen molar-refractivity contribution in [3.63, 3.8) is 0 Å². The van der Waals surface area contributed by atoms with Crippen LogP contribution in [0.4, 0.5) is 10.5 Å². The van der Waals surface area contributed by atoms with Gasteiger partial charge in [0, 0.05) is 12.1 Å². The zero-order valence-electron chi connectivity index (χ0n) is 9.77. The summed E-state index contributed by atoms with van der Waals surface area (Å²) >= 11 is 0. The number of rotatable bonds is 5. The Bertz CT molecular complexity index is 460. The number of amides is 2. The number of terminal acetylenes is 1. The molecule has 18 heavy (non-hydrogen) atoms. The predicted octanol–water partition coefficient (Wildman–Crippen LogP) is 1.46. The van der Waals surface area contributed by atoms with Crippen LogP contribution < -0.4 is 10.6 Å². The van der Waals surface area contributed by atoms with Crippen molar-refractivity contribution >= 4 is 17.7 Å². The lowest BCUT2D eigenvalue weighted by Gasteiger charge is -2.06. The van der Waals surface area contributed by atoms with Crippen molar-refractivity contribution in [1.29, 1.82) is 0 Å². The highest BCUT2D eigenvalue weighted by Gasteiger charge is 2.01. The second-order valence-electron chi connectivity index (χ2n) is 3.60. The zero-order chi connectivity index (χ0) is 13.4. The summed E-state index contributed by atoms with van der Waals surface area (Å²) in [5, 5.41) is 13.6. The summed E-state index contributed by atoms with van der Waals surface area (Å²) in [5.41, 5.74) is 1.54. The number of hydrogen-bond donors (Lipinski definition) is 3. The van der Waals surface area contributed by atoms with Crippen LogP contribution in [0.25, 0.3) is 0 Å². The molecule has 0 radical (unpaired) electrons. The van der Waals surface area contributed by atoms with Gasteiger partial charge >= 0.3 is 12.0 Å². The van der Waals surface area contributed by atoms with E-state index in [1.807, 2.05) is 0 Å². The number of carbonyl (C=O) groups is 2. The van der Waals surface area contributed by atoms with Gasteiger partial charge < -0.3 is 15.7 Å². The summed E-state index contributed by atoms with van der Waals surface area (Å²) in [6.45, 7) is 0.169. The molecule has 1 aromatic rings. The first-order valence-electron chi connectivity index (χ1n) is 5.41. The molecule has 0 unspecified atom stereocenters. The number of carbonyl (C=O) groups excluding carboxylic acids is 1. The van der Waals surface area contributed by atoms with Gasteiger partial charge in [-0.15, -0.1) is 6.42 Å². The molecule has 0 aliphatic carbocycles. The van der Waals surface area contributed by atoms with Crippen LogP contribution in [0.3, 0.4) is 0 Å². The Morgan fingerprint density at radius 2 is 1.94 bits per heavy atom. The molecule has 94 valence electrons. The Labute approximate surface area is 105 Å². The Hall–Kier alpha value is -2.48. The first-order chi connectivity index (χ1) is 8.61. The van der Waals surface area contributed by atoms with E-state index in [-0.39, 0.29) is 19.0 Å². The van der Waals surface area contributed by atoms with E-state index in [4.69, 9.17) is 11.5 Å². The van der Waals surface area contributed by atoms with E-state index in [9.17, 15) is 9.59 Å². The lowest BCUT2D eigenvalue weighted by atomic mass is 10.1. The van der Waals surface area contributed by atoms with Gasteiger partial charge in [0.25, 0.3) is 0 Å². The molecular formula is C13H14N2O3. The summed E-state index contributed by atoms with van der Waals surface area (Å²) < 4.78 is 0. The van der Waals surface area contributed by atoms with E-state index < -0.39 is 5.97 Å². The average Bonchev–Trinajstić information content (AvgIpc) is 2.35. The van der Waals surface area contributed by atoms with Gasteiger partial charge in [0.2, 0.25) is 0 Å². The number of anilines is 1. The number of aliphatic carboxylic acids is 1. The molecule has 0 aliphatic heterocycles. The quantitative estimate of drug-likeness (QED) is 0.688. The van der Waals surface area contributed by atoms with Crippen molar-refractivity contribution in [2.75, 3.05) is 11.9 Å². The number of nitrogens with one attached hydrogen (secondary N) is 2. The molecule has 5 heteroatoms. The Balaban J connectivity index is 2.47. The maximum Gasteiger partial charge on any atom is 0.319 e. The van der Waals surface area contributed by atoms with E-state index in [0.717, 1.165) is 5.56 Å². The van der Waals surface area contributed by atoms with Crippen LogP contribution in [0.2, 0.25) is 0 Å². The van der Waals surface area contributed by atoms with Gasteiger partial charge in [0.1, 0.15) is 0 Å². The molecule has 0 saturated heterocycles. The smallest absolute Gasteiger partial charge is 0.319 e. The molecule has 0 atom stereocenters. The van der Waals surface area contributed by atoms with Gasteiger partial charge in [-0.05, 0) is 24.1 Å². The molecule has 0 bridgehead atoms. The average molecular weight is 246 g/mol. The van der Waals surface area contributed by atoms with Crippen LogP contribution in [0.15, 0.2) is 24.3 Å². The third-order valence-electron chi connectivity index (χ3n) is 2.19. The predicted molar refractivity (Wildman–Crippen MR) is 68.3 cm³/mol. The van der Waals surface area contributed by atoms with Crippen molar-refractivity contribution in [2.45, 2.75) is 12.8 Å². The molecule has 0 fully saturated rings. The standard InChI is InChI=1S/C13H14N2O3/c1-2-9-14-13(18)15-11-6-3-10(4-7-11)5-8-12(16)17/h1,3-4,6-7H,5,8-9H2,(H,16,17)(H2,14,15,18). The fourth-order valence-electron chi connectivity index (χ4n) is 1.31. The molecule has 1 aromatic carbocycles. The van der Waals surface area contributed by atoms with Crippen LogP contribution >= 0.6 is 0 Å². The second-order valence-corrected chi connectivity index (χ2v) is 3.60. The minimum Gasteiger partial charge on any atom is -0.481 e. The van der Waals surface area contributed by atoms with Crippen molar-refractivity contribution in [1.82, 2.24) is 5.32 Å². The zero-order valence-corrected chi connectivity index (χ0v) is 9.77. The maximum atomic E-state index is 11.3. The SMILES string of the molecule is C#CCNC(=O)Nc1ccc(CCC(=O)O)cc1. The van der Waals surface area contributed by atoms with E-state index in [2.05, 4.69) is 16.6 Å². The molecule has 5 nitrogen and oxygen atoms in total. The monoisotopic (exact) mass is 246 g/mol. The molecule has 0 aromatic heterocycles. The summed E-state index contributed by atoms with van der Waals surface area (Å²) in [4.78, 5) is 21.7. The van der Waals surface area contributed by atoms with Gasteiger partial charge in [-0.1, -0.05) is 18.1 Å². The maximum absolute atomic E-state index is 11.3. The van der Waals surface area contributed by atoms with E-state index in [1.54, 1.807) is 24.3 Å². The third kappa shape index (κ3) is 5.03. The highest BCUT2D eigenvalue weighted by Crippen LogP contribution is 2.10. The van der Waals surface area contributed by atoms with Crippen LogP contribution in [0.5, 0.6) is 0 Å². The van der Waals surface area contributed by atoms with Crippen molar-refractivity contribution in [3.05, 3.63) is 29.8 Å². The summed E-state index contributed by atoms with van der Waals surface area (Å²) in [5.74, 6) is 1.47. The minimum atomic E-state index is -0.828. The lowest BCUT2D eigenvalue weighted by Crippen LogP contribution is -2.28. The summed E-state index contributed by atoms with van der Waals surface area (Å²) in [7, 11) is 0. The lowest BCUT2D eigenvalue weighted by molar-refractivity contribution is -0.136. The molecule has 2 amide bonds. The van der Waals surface area contributed by atoms with E-state index >= 15 is 0 Å². The molecule has 0 spiro atoms. The number of hydrogen-bond acceptors (Lipinski definition) is 2. The molecular weight excluding hydrogens is 232 g/mol. The highest BCUT2D eigenvalue weighted by atomic mass is 16.4. The number of aryl methyl sites for hydroxylation is 1. The van der Waals surface area contributed by atoms with Crippen LogP contribution in [0.1, 0.15) is 12.0 Å². The third-order valence-corrected chi connectivity index (χ3v) is 2.19. The van der Waals surface area contributed by atoms with E-state index in [1.165, 1.54) is 0 Å². The van der Waals surface area contributed by atoms with Crippen LogP contribution in [-0.4, -0.2) is 23.7 Å². The van der Waals surface area contributed by atoms with Crippen LogP contribution in [-0.2, 0) is 11.2 Å². The minimum absolute atomic E-state index is 0.0927. The number of carboxylic acids is 1. The van der Waals surface area contributed by atoms with Gasteiger partial charge in [-0.25, -0.2) is 4.79 Å². The molecule has 3 N–H and O–H groups in total. The summed E-state index contributed by atoms with van der Waals surface area (Å²) in [6, 6.07) is 6.62. The fraction of sp³-hybridized carbons (Fsp3) is 0.231. The van der Waals surface area contributed by atoms with E-state index in [0.29, 0.717) is 12.1 Å². The Kier molecular flexibility index (Phi) is 5.26. The first kappa shape index (κ1) is 13.6. The molecule has 0 saturated carbocycles. The summed E-state index contributed by atoms with van der Waals surface area (Å²) in [6.07, 6.45) is 5.57. The molecule has 0 aliphatic rings. The van der Waals surface area contributed by atoms with Crippen molar-refractivity contribution in [2.24, 2.45) is 0 Å². The normalized spacial score (nSPS) is 9.28. The Morgan fingerprint density at radius 3 is 2.50 bits per heavy atom. The number of carboxylic acid groups (broad SMARTS) is 1. The Morgan fingerprint density at radius 1 is 1.28 bits per heavy atom. The highest BCUT2D eigenvalue weighted by molar-refractivity contribution is 5.89. The van der Waals surface area contributed by atoms with Gasteiger partial charge in [-0.3, -0.25) is 4.79 Å². The first-order valence-corrected chi connectivity index (χ1v) is 5.41. The number of urea groups is 1. The van der Waals surface area contributed by atoms with Gasteiger partial charge in [0.15, 0.2) is 0 Å². The number of benzene rings is 1. The largest absolute Gasteiger partial charge is 0.481 e. The molecule has 1 rings (SSSR count). The van der Waals surface area contributed by atoms with Gasteiger partial charge in [-0.2, -0.15) is 0 Å².